The highest BCUT2D eigenvalue weighted by atomic mass is 79.9. The van der Waals surface area contributed by atoms with E-state index in [1.54, 1.807) is 6.21 Å². The van der Waals surface area contributed by atoms with Gasteiger partial charge in [0.1, 0.15) is 5.75 Å². The number of ether oxygens (including phenoxy) is 1. The van der Waals surface area contributed by atoms with E-state index in [9.17, 15) is 0 Å². The zero-order valence-corrected chi connectivity index (χ0v) is 15.4. The van der Waals surface area contributed by atoms with E-state index in [2.05, 4.69) is 33.1 Å². The van der Waals surface area contributed by atoms with Crippen molar-refractivity contribution in [2.75, 3.05) is 6.61 Å². The van der Waals surface area contributed by atoms with Crippen molar-refractivity contribution in [3.05, 3.63) is 28.2 Å². The molecule has 128 valence electrons. The van der Waals surface area contributed by atoms with Crippen molar-refractivity contribution in [3.63, 3.8) is 0 Å². The lowest BCUT2D eigenvalue weighted by molar-refractivity contribution is 0.302. The predicted molar refractivity (Wildman–Crippen MR) is 101 cm³/mol. The van der Waals surface area contributed by atoms with E-state index in [0.717, 1.165) is 28.8 Å². The molecule has 1 aromatic rings. The van der Waals surface area contributed by atoms with Crippen LogP contribution in [-0.4, -0.2) is 18.8 Å². The average Bonchev–Trinajstić information content (AvgIpc) is 2.51. The van der Waals surface area contributed by atoms with Gasteiger partial charge in [-0.05, 0) is 46.1 Å². The molecule has 4 N–H and O–H groups in total. The lowest BCUT2D eigenvalue weighted by Gasteiger charge is -2.08. The van der Waals surface area contributed by atoms with Gasteiger partial charge >= 0.3 is 0 Å². The van der Waals surface area contributed by atoms with Crippen LogP contribution in [0.5, 0.6) is 5.75 Å². The monoisotopic (exact) mass is 382 g/mol. The summed E-state index contributed by atoms with van der Waals surface area (Å²) in [6, 6.07) is 5.75. The molecule has 0 aliphatic heterocycles. The van der Waals surface area contributed by atoms with Crippen LogP contribution in [0.4, 0.5) is 0 Å². The highest BCUT2D eigenvalue weighted by Crippen LogP contribution is 2.25. The van der Waals surface area contributed by atoms with Crippen molar-refractivity contribution in [3.8, 4) is 5.75 Å². The van der Waals surface area contributed by atoms with Crippen LogP contribution < -0.4 is 16.2 Å². The Kier molecular flexibility index (Phi) is 10.1. The van der Waals surface area contributed by atoms with Crippen LogP contribution in [0.25, 0.3) is 0 Å². The van der Waals surface area contributed by atoms with E-state index < -0.39 is 0 Å². The van der Waals surface area contributed by atoms with Crippen molar-refractivity contribution >= 4 is 28.1 Å². The van der Waals surface area contributed by atoms with E-state index in [1.807, 2.05) is 18.2 Å². The Hall–Kier alpha value is -1.56. The Balaban J connectivity index is 2.30. The predicted octanol–water partition coefficient (Wildman–Crippen LogP) is 4.19. The van der Waals surface area contributed by atoms with Crippen LogP contribution in [0, 0.1) is 0 Å². The summed E-state index contributed by atoms with van der Waals surface area (Å²) >= 11 is 3.51. The molecule has 23 heavy (non-hydrogen) atoms. The molecular weight excluding hydrogens is 356 g/mol. The maximum Gasteiger partial charge on any atom is 0.211 e. The molecule has 0 amide bonds. The molecule has 0 saturated heterocycles. The second-order valence-electron chi connectivity index (χ2n) is 5.43. The zero-order chi connectivity index (χ0) is 16.9. The third kappa shape index (κ3) is 9.23. The standard InChI is InChI=1S/C17H27BrN4O/c1-2-3-4-5-6-7-8-11-23-16-10-9-14(12-15(16)18)13-21-22-17(19)20/h9-10,12-13H,2-8,11H2,1H3,(H4,19,20,22)/b21-13-. The van der Waals surface area contributed by atoms with Crippen LogP contribution in [0.15, 0.2) is 32.9 Å². The first kappa shape index (κ1) is 19.5. The highest BCUT2D eigenvalue weighted by Gasteiger charge is 2.02. The third-order valence-electron chi connectivity index (χ3n) is 3.34. The van der Waals surface area contributed by atoms with Gasteiger partial charge in [-0.25, -0.2) is 0 Å². The first-order valence-electron chi connectivity index (χ1n) is 8.17. The molecule has 0 unspecified atom stereocenters. The average molecular weight is 383 g/mol. The number of hydrogen-bond donors (Lipinski definition) is 2. The Labute approximate surface area is 147 Å². The van der Waals surface area contributed by atoms with E-state index in [1.165, 1.54) is 38.5 Å². The van der Waals surface area contributed by atoms with Gasteiger partial charge in [-0.3, -0.25) is 0 Å². The summed E-state index contributed by atoms with van der Waals surface area (Å²) in [7, 11) is 0. The summed E-state index contributed by atoms with van der Waals surface area (Å²) in [5.74, 6) is 0.782. The summed E-state index contributed by atoms with van der Waals surface area (Å²) in [5, 5.41) is 7.34. The number of benzene rings is 1. The normalized spacial score (nSPS) is 10.9. The molecule has 0 aromatic heterocycles. The van der Waals surface area contributed by atoms with Gasteiger partial charge in [0.15, 0.2) is 0 Å². The Morgan fingerprint density at radius 1 is 1.13 bits per heavy atom. The highest BCUT2D eigenvalue weighted by molar-refractivity contribution is 9.10. The fraction of sp³-hybridized carbons (Fsp3) is 0.529. The number of rotatable bonds is 11. The summed E-state index contributed by atoms with van der Waals surface area (Å²) in [6.45, 7) is 2.98. The zero-order valence-electron chi connectivity index (χ0n) is 13.8. The van der Waals surface area contributed by atoms with Crippen molar-refractivity contribution in [2.45, 2.75) is 51.9 Å². The molecular formula is C17H27BrN4O. The molecule has 1 rings (SSSR count). The van der Waals surface area contributed by atoms with Crippen LogP contribution >= 0.6 is 15.9 Å². The van der Waals surface area contributed by atoms with Gasteiger partial charge in [0.25, 0.3) is 0 Å². The molecule has 0 aliphatic carbocycles. The van der Waals surface area contributed by atoms with Gasteiger partial charge in [-0.15, -0.1) is 5.10 Å². The fourth-order valence-corrected chi connectivity index (χ4v) is 2.63. The second kappa shape index (κ2) is 11.9. The van der Waals surface area contributed by atoms with Crippen LogP contribution in [0.1, 0.15) is 57.4 Å². The molecule has 1 aromatic carbocycles. The molecule has 0 aliphatic rings. The van der Waals surface area contributed by atoms with E-state index in [4.69, 9.17) is 16.2 Å². The molecule has 0 bridgehead atoms. The van der Waals surface area contributed by atoms with Crippen LogP contribution in [-0.2, 0) is 0 Å². The molecule has 0 radical (unpaired) electrons. The van der Waals surface area contributed by atoms with E-state index in [0.29, 0.717) is 0 Å². The molecule has 6 heteroatoms. The van der Waals surface area contributed by atoms with Gasteiger partial charge in [0, 0.05) is 0 Å². The van der Waals surface area contributed by atoms with E-state index >= 15 is 0 Å². The molecule has 0 spiro atoms. The van der Waals surface area contributed by atoms with Gasteiger partial charge in [0.05, 0.1) is 17.3 Å². The lowest BCUT2D eigenvalue weighted by atomic mass is 10.1. The number of hydrogen-bond acceptors (Lipinski definition) is 3. The molecule has 0 heterocycles. The largest absolute Gasteiger partial charge is 0.492 e. The Morgan fingerprint density at radius 2 is 1.83 bits per heavy atom. The van der Waals surface area contributed by atoms with Gasteiger partial charge in [0.2, 0.25) is 5.96 Å². The molecule has 5 nitrogen and oxygen atoms in total. The number of guanidine groups is 1. The van der Waals surface area contributed by atoms with Crippen molar-refractivity contribution in [1.29, 1.82) is 0 Å². The Morgan fingerprint density at radius 3 is 2.48 bits per heavy atom. The summed E-state index contributed by atoms with van der Waals surface area (Å²) < 4.78 is 6.70. The van der Waals surface area contributed by atoms with Gasteiger partial charge in [-0.2, -0.15) is 5.10 Å². The fourth-order valence-electron chi connectivity index (χ4n) is 2.12. The van der Waals surface area contributed by atoms with E-state index in [-0.39, 0.29) is 5.96 Å². The first-order chi connectivity index (χ1) is 11.1. The maximum absolute atomic E-state index is 5.80. The molecule has 0 atom stereocenters. The SMILES string of the molecule is CCCCCCCCCOc1ccc(/C=N\N=C(N)N)cc1Br. The topological polar surface area (TPSA) is 86.0 Å². The minimum absolute atomic E-state index is 0.0602. The quantitative estimate of drug-likeness (QED) is 0.260. The lowest BCUT2D eigenvalue weighted by Crippen LogP contribution is -2.21. The van der Waals surface area contributed by atoms with Crippen molar-refractivity contribution in [1.82, 2.24) is 0 Å². The second-order valence-corrected chi connectivity index (χ2v) is 6.28. The van der Waals surface area contributed by atoms with Crippen molar-refractivity contribution < 1.29 is 4.74 Å². The number of halogens is 1. The minimum Gasteiger partial charge on any atom is -0.492 e. The minimum atomic E-state index is -0.0602. The maximum atomic E-state index is 5.80. The smallest absolute Gasteiger partial charge is 0.211 e. The summed E-state index contributed by atoms with van der Waals surface area (Å²) in [6.07, 6.45) is 10.5. The number of nitrogens with two attached hydrogens (primary N) is 2. The third-order valence-corrected chi connectivity index (χ3v) is 3.96. The number of nitrogens with zero attached hydrogens (tertiary/aromatic N) is 2. The Bertz CT molecular complexity index is 513. The summed E-state index contributed by atoms with van der Waals surface area (Å²) in [5.41, 5.74) is 11.3. The van der Waals surface area contributed by atoms with Crippen LogP contribution in [0.2, 0.25) is 0 Å². The van der Waals surface area contributed by atoms with Crippen LogP contribution in [0.3, 0.4) is 0 Å². The number of unbranched alkanes of at least 4 members (excludes halogenated alkanes) is 6. The van der Waals surface area contributed by atoms with Gasteiger partial charge < -0.3 is 16.2 Å². The van der Waals surface area contributed by atoms with Gasteiger partial charge in [-0.1, -0.05) is 45.4 Å². The molecule has 0 saturated carbocycles. The first-order valence-corrected chi connectivity index (χ1v) is 8.97. The van der Waals surface area contributed by atoms with Crippen molar-refractivity contribution in [2.24, 2.45) is 21.7 Å². The summed E-state index contributed by atoms with van der Waals surface area (Å²) in [4.78, 5) is 0. The molecule has 0 fully saturated rings.